The van der Waals surface area contributed by atoms with E-state index in [9.17, 15) is 9.59 Å². The molecule has 0 heterocycles. The molecule has 0 aliphatic carbocycles. The van der Waals surface area contributed by atoms with Gasteiger partial charge < -0.3 is 14.8 Å². The summed E-state index contributed by atoms with van der Waals surface area (Å²) in [5.74, 6) is 0.302. The molecule has 0 saturated carbocycles. The molecule has 0 aromatic heterocycles. The zero-order valence-corrected chi connectivity index (χ0v) is 15.3. The van der Waals surface area contributed by atoms with Crippen molar-refractivity contribution in [2.75, 3.05) is 19.0 Å². The Bertz CT molecular complexity index is 713. The Balaban J connectivity index is 1.92. The van der Waals surface area contributed by atoms with Crippen LogP contribution in [0.25, 0.3) is 0 Å². The van der Waals surface area contributed by atoms with Gasteiger partial charge in [0, 0.05) is 10.6 Å². The highest BCUT2D eigenvalue weighted by atomic mass is 32.2. The lowest BCUT2D eigenvalue weighted by molar-refractivity contribution is -0.115. The van der Waals surface area contributed by atoms with E-state index < -0.39 is 0 Å². The van der Waals surface area contributed by atoms with E-state index >= 15 is 0 Å². The molecule has 0 aliphatic rings. The topological polar surface area (TPSA) is 64.6 Å². The van der Waals surface area contributed by atoms with E-state index in [0.717, 1.165) is 10.6 Å². The summed E-state index contributed by atoms with van der Waals surface area (Å²) >= 11 is 1.46. The molecule has 2 rings (SSSR count). The molecule has 1 atom stereocenters. The van der Waals surface area contributed by atoms with Crippen molar-refractivity contribution in [3.63, 3.8) is 0 Å². The van der Waals surface area contributed by atoms with Crippen LogP contribution in [0.1, 0.15) is 24.2 Å². The molecule has 2 aromatic carbocycles. The summed E-state index contributed by atoms with van der Waals surface area (Å²) in [5.41, 5.74) is 1.10. The SMILES string of the molecule is CCOC(=O)c1ccc(NC(=O)[C@H](C)Sc2ccc(OC)cc2)cc1. The van der Waals surface area contributed by atoms with Crippen molar-refractivity contribution < 1.29 is 19.1 Å². The van der Waals surface area contributed by atoms with Crippen LogP contribution in [0.15, 0.2) is 53.4 Å². The number of benzene rings is 2. The molecule has 0 bridgehead atoms. The van der Waals surface area contributed by atoms with Gasteiger partial charge in [0.2, 0.25) is 5.91 Å². The van der Waals surface area contributed by atoms with Gasteiger partial charge >= 0.3 is 5.97 Å². The third kappa shape index (κ3) is 5.53. The number of amides is 1. The van der Waals surface area contributed by atoms with Crippen molar-refractivity contribution in [1.82, 2.24) is 0 Å². The first-order valence-corrected chi connectivity index (χ1v) is 8.80. The van der Waals surface area contributed by atoms with Crippen molar-refractivity contribution in [3.05, 3.63) is 54.1 Å². The second kappa shape index (κ2) is 9.13. The smallest absolute Gasteiger partial charge is 0.338 e. The van der Waals surface area contributed by atoms with Crippen LogP contribution >= 0.6 is 11.8 Å². The van der Waals surface area contributed by atoms with Gasteiger partial charge in [-0.3, -0.25) is 4.79 Å². The summed E-state index contributed by atoms with van der Waals surface area (Å²) in [4.78, 5) is 24.9. The van der Waals surface area contributed by atoms with Crippen LogP contribution in [0.5, 0.6) is 5.75 Å². The zero-order chi connectivity index (χ0) is 18.2. The largest absolute Gasteiger partial charge is 0.497 e. The van der Waals surface area contributed by atoms with E-state index in [1.807, 2.05) is 31.2 Å². The molecular formula is C19H21NO4S. The molecule has 0 unspecified atom stereocenters. The molecule has 25 heavy (non-hydrogen) atoms. The van der Waals surface area contributed by atoms with Gasteiger partial charge in [-0.2, -0.15) is 0 Å². The number of methoxy groups -OCH3 is 1. The first-order chi connectivity index (χ1) is 12.0. The zero-order valence-electron chi connectivity index (χ0n) is 14.4. The normalized spacial score (nSPS) is 11.5. The molecule has 1 amide bonds. The van der Waals surface area contributed by atoms with Gasteiger partial charge in [0.05, 0.1) is 24.5 Å². The van der Waals surface area contributed by atoms with Crippen LogP contribution in [-0.2, 0) is 9.53 Å². The Labute approximate surface area is 151 Å². The highest BCUT2D eigenvalue weighted by Crippen LogP contribution is 2.26. The van der Waals surface area contributed by atoms with Crippen molar-refractivity contribution in [2.45, 2.75) is 24.0 Å². The van der Waals surface area contributed by atoms with Crippen LogP contribution in [0.4, 0.5) is 5.69 Å². The molecule has 0 aliphatic heterocycles. The number of carbonyl (C=O) groups excluding carboxylic acids is 2. The standard InChI is InChI=1S/C19H21NO4S/c1-4-24-19(22)14-5-7-15(8-6-14)20-18(21)13(2)25-17-11-9-16(23-3)10-12-17/h5-13H,4H2,1-3H3,(H,20,21)/t13-/m0/s1. The van der Waals surface area contributed by atoms with Crippen molar-refractivity contribution in [1.29, 1.82) is 0 Å². The predicted octanol–water partition coefficient (Wildman–Crippen LogP) is 3.99. The number of thioether (sulfide) groups is 1. The Morgan fingerprint density at radius 2 is 1.72 bits per heavy atom. The molecule has 6 heteroatoms. The van der Waals surface area contributed by atoms with Gasteiger partial charge in [-0.15, -0.1) is 11.8 Å². The predicted molar refractivity (Wildman–Crippen MR) is 99.3 cm³/mol. The first kappa shape index (κ1) is 18.9. The van der Waals surface area contributed by atoms with Crippen LogP contribution in [0, 0.1) is 0 Å². The number of ether oxygens (including phenoxy) is 2. The maximum atomic E-state index is 12.3. The van der Waals surface area contributed by atoms with E-state index in [2.05, 4.69) is 5.32 Å². The van der Waals surface area contributed by atoms with Crippen LogP contribution in [0.3, 0.4) is 0 Å². The maximum Gasteiger partial charge on any atom is 0.338 e. The lowest BCUT2D eigenvalue weighted by atomic mass is 10.2. The molecule has 0 spiro atoms. The van der Waals surface area contributed by atoms with Crippen LogP contribution < -0.4 is 10.1 Å². The van der Waals surface area contributed by atoms with Crippen molar-refractivity contribution >= 4 is 29.3 Å². The second-order valence-electron chi connectivity index (χ2n) is 5.22. The summed E-state index contributed by atoms with van der Waals surface area (Å²) in [6.45, 7) is 3.93. The Morgan fingerprint density at radius 3 is 2.28 bits per heavy atom. The van der Waals surface area contributed by atoms with Gasteiger partial charge in [0.15, 0.2) is 0 Å². The summed E-state index contributed by atoms with van der Waals surface area (Å²) < 4.78 is 10.1. The minimum atomic E-state index is -0.371. The fourth-order valence-electron chi connectivity index (χ4n) is 2.06. The van der Waals surface area contributed by atoms with Crippen LogP contribution in [0.2, 0.25) is 0 Å². The highest BCUT2D eigenvalue weighted by molar-refractivity contribution is 8.00. The molecular weight excluding hydrogens is 338 g/mol. The van der Waals surface area contributed by atoms with Gasteiger partial charge in [0.25, 0.3) is 0 Å². The molecule has 2 aromatic rings. The average Bonchev–Trinajstić information content (AvgIpc) is 2.63. The third-order valence-electron chi connectivity index (χ3n) is 3.41. The number of anilines is 1. The van der Waals surface area contributed by atoms with Crippen molar-refractivity contribution in [3.8, 4) is 5.75 Å². The second-order valence-corrected chi connectivity index (χ2v) is 6.64. The van der Waals surface area contributed by atoms with Crippen LogP contribution in [-0.4, -0.2) is 30.8 Å². The van der Waals surface area contributed by atoms with E-state index in [0.29, 0.717) is 17.9 Å². The summed E-state index contributed by atoms with van der Waals surface area (Å²) in [6, 6.07) is 14.2. The lowest BCUT2D eigenvalue weighted by Crippen LogP contribution is -2.22. The van der Waals surface area contributed by atoms with E-state index in [4.69, 9.17) is 9.47 Å². The molecule has 0 radical (unpaired) electrons. The molecule has 5 nitrogen and oxygen atoms in total. The Kier molecular flexibility index (Phi) is 6.89. The first-order valence-electron chi connectivity index (χ1n) is 7.92. The van der Waals surface area contributed by atoms with Gasteiger partial charge in [-0.25, -0.2) is 4.79 Å². The molecule has 1 N–H and O–H groups in total. The number of esters is 1. The monoisotopic (exact) mass is 359 g/mol. The number of carbonyl (C=O) groups is 2. The molecule has 132 valence electrons. The number of hydrogen-bond acceptors (Lipinski definition) is 5. The fourth-order valence-corrected chi connectivity index (χ4v) is 2.93. The third-order valence-corrected chi connectivity index (χ3v) is 4.52. The number of hydrogen-bond donors (Lipinski definition) is 1. The van der Waals surface area contributed by atoms with E-state index in [1.165, 1.54) is 11.8 Å². The molecule has 0 fully saturated rings. The summed E-state index contributed by atoms with van der Waals surface area (Å²) in [5, 5.41) is 2.58. The minimum Gasteiger partial charge on any atom is -0.497 e. The fraction of sp³-hybridized carbons (Fsp3) is 0.263. The number of nitrogens with one attached hydrogen (secondary N) is 1. The number of rotatable bonds is 7. The molecule has 0 saturated heterocycles. The van der Waals surface area contributed by atoms with E-state index in [1.54, 1.807) is 38.3 Å². The average molecular weight is 359 g/mol. The summed E-state index contributed by atoms with van der Waals surface area (Å²) in [6.07, 6.45) is 0. The summed E-state index contributed by atoms with van der Waals surface area (Å²) in [7, 11) is 1.62. The van der Waals surface area contributed by atoms with Crippen molar-refractivity contribution in [2.24, 2.45) is 0 Å². The van der Waals surface area contributed by atoms with E-state index in [-0.39, 0.29) is 17.1 Å². The minimum absolute atomic E-state index is 0.107. The quantitative estimate of drug-likeness (QED) is 0.598. The van der Waals surface area contributed by atoms with Gasteiger partial charge in [0.1, 0.15) is 5.75 Å². The van der Waals surface area contributed by atoms with Gasteiger partial charge in [-0.05, 0) is 62.4 Å². The lowest BCUT2D eigenvalue weighted by Gasteiger charge is -2.12. The Hall–Kier alpha value is -2.47. The highest BCUT2D eigenvalue weighted by Gasteiger charge is 2.15. The Morgan fingerprint density at radius 1 is 1.08 bits per heavy atom. The maximum absolute atomic E-state index is 12.3. The van der Waals surface area contributed by atoms with Gasteiger partial charge in [-0.1, -0.05) is 0 Å².